The molecule has 0 aliphatic heterocycles. The van der Waals surface area contributed by atoms with Crippen molar-refractivity contribution in [3.63, 3.8) is 0 Å². The first-order valence-electron chi connectivity index (χ1n) is 6.10. The first-order chi connectivity index (χ1) is 8.47. The summed E-state index contributed by atoms with van der Waals surface area (Å²) >= 11 is 0. The predicted octanol–water partition coefficient (Wildman–Crippen LogP) is 3.54. The molecule has 1 aliphatic rings. The molecule has 1 aliphatic carbocycles. The molecule has 0 fully saturated rings. The Kier molecular flexibility index (Phi) is 3.69. The topological polar surface area (TPSA) is 9.23 Å². The maximum Gasteiger partial charge on any atom is 0.509 e. The van der Waals surface area contributed by atoms with Crippen molar-refractivity contribution in [2.24, 2.45) is 0 Å². The molecule has 1 atom stereocenters. The van der Waals surface area contributed by atoms with Crippen LogP contribution in [0.3, 0.4) is 0 Å². The molecule has 0 aromatic heterocycles. The number of aryl methyl sites for hydroxylation is 1. The van der Waals surface area contributed by atoms with Crippen molar-refractivity contribution in [3.8, 4) is 5.75 Å². The fraction of sp³-hybridized carbons (Fsp3) is 0.385. The molecule has 5 heteroatoms. The van der Waals surface area contributed by atoms with Crippen molar-refractivity contribution in [3.05, 3.63) is 35.9 Å². The average Bonchev–Trinajstić information content (AvgIpc) is 2.28. The van der Waals surface area contributed by atoms with E-state index in [0.717, 1.165) is 25.3 Å². The maximum absolute atomic E-state index is 12.6. The Balaban J connectivity index is 2.13. The minimum Gasteiger partial charge on any atom is -0.486 e. The third kappa shape index (κ3) is 3.09. The predicted molar refractivity (Wildman–Crippen MR) is 67.3 cm³/mol. The van der Waals surface area contributed by atoms with Gasteiger partial charge in [-0.3, -0.25) is 0 Å². The van der Waals surface area contributed by atoms with Crippen LogP contribution in [0.2, 0.25) is 0 Å². The van der Waals surface area contributed by atoms with Gasteiger partial charge in [-0.1, -0.05) is 17.7 Å². The van der Waals surface area contributed by atoms with Crippen LogP contribution in [0.25, 0.3) is 0 Å². The molecular formula is C13H15BF3O-. The summed E-state index contributed by atoms with van der Waals surface area (Å²) in [6.45, 7) is -3.47. The number of hydrogen-bond acceptors (Lipinski definition) is 1. The van der Waals surface area contributed by atoms with E-state index < -0.39 is 12.4 Å². The second-order valence-electron chi connectivity index (χ2n) is 4.61. The van der Waals surface area contributed by atoms with Crippen molar-refractivity contribution in [1.82, 2.24) is 0 Å². The van der Waals surface area contributed by atoms with Gasteiger partial charge >= 0.3 is 6.98 Å². The zero-order valence-corrected chi connectivity index (χ0v) is 10.2. The Morgan fingerprint density at radius 2 is 2.06 bits per heavy atom. The van der Waals surface area contributed by atoms with Gasteiger partial charge in [0.2, 0.25) is 0 Å². The van der Waals surface area contributed by atoms with E-state index in [1.54, 1.807) is 0 Å². The number of allylic oxidation sites excluding steroid dienone is 1. The van der Waals surface area contributed by atoms with E-state index in [2.05, 4.69) is 0 Å². The standard InChI is InChI=1S/C13H15BF3O/c1-10-9-12(7-8-13(10)14(15,16)17)18-11-5-3-2-4-6-11/h3,5,7-9,11H,2,4,6H2,1H3/q-1. The van der Waals surface area contributed by atoms with Gasteiger partial charge in [-0.25, -0.2) is 0 Å². The van der Waals surface area contributed by atoms with Crippen LogP contribution in [0.1, 0.15) is 24.8 Å². The third-order valence-electron chi connectivity index (χ3n) is 3.09. The maximum atomic E-state index is 12.6. The normalized spacial score (nSPS) is 19.9. The Labute approximate surface area is 105 Å². The summed E-state index contributed by atoms with van der Waals surface area (Å²) in [5.74, 6) is 0.507. The van der Waals surface area contributed by atoms with Gasteiger partial charge in [0.05, 0.1) is 0 Å². The van der Waals surface area contributed by atoms with Gasteiger partial charge in [-0.2, -0.15) is 0 Å². The van der Waals surface area contributed by atoms with Gasteiger partial charge < -0.3 is 17.7 Å². The highest BCUT2D eigenvalue weighted by Gasteiger charge is 2.27. The van der Waals surface area contributed by atoms with Crippen molar-refractivity contribution < 1.29 is 17.7 Å². The van der Waals surface area contributed by atoms with Crippen LogP contribution in [0.15, 0.2) is 30.4 Å². The molecule has 0 heterocycles. The first-order valence-corrected chi connectivity index (χ1v) is 6.10. The first kappa shape index (κ1) is 13.1. The molecule has 0 spiro atoms. The largest absolute Gasteiger partial charge is 0.509 e. The number of ether oxygens (including phenoxy) is 1. The summed E-state index contributed by atoms with van der Waals surface area (Å²) in [6.07, 6.45) is 7.04. The SMILES string of the molecule is Cc1cc(OC2C=CCCC2)ccc1[B-](F)(F)F. The van der Waals surface area contributed by atoms with E-state index >= 15 is 0 Å². The molecule has 0 saturated heterocycles. The number of benzene rings is 1. The second kappa shape index (κ2) is 5.08. The molecular weight excluding hydrogens is 240 g/mol. The molecule has 0 saturated carbocycles. The molecule has 1 unspecified atom stereocenters. The van der Waals surface area contributed by atoms with Crippen LogP contribution in [0, 0.1) is 6.92 Å². The molecule has 1 aromatic carbocycles. The minimum absolute atomic E-state index is 0.0135. The number of halogens is 3. The van der Waals surface area contributed by atoms with Crippen LogP contribution < -0.4 is 10.2 Å². The fourth-order valence-electron chi connectivity index (χ4n) is 2.14. The molecule has 0 radical (unpaired) electrons. The van der Waals surface area contributed by atoms with Gasteiger partial charge in [0.25, 0.3) is 0 Å². The van der Waals surface area contributed by atoms with Crippen molar-refractivity contribution in [2.75, 3.05) is 0 Å². The van der Waals surface area contributed by atoms with Gasteiger partial charge in [0.1, 0.15) is 11.9 Å². The van der Waals surface area contributed by atoms with Crippen LogP contribution >= 0.6 is 0 Å². The Morgan fingerprint density at radius 3 is 2.61 bits per heavy atom. The summed E-state index contributed by atoms with van der Waals surface area (Å²) in [5, 5.41) is 0. The minimum atomic E-state index is -4.94. The van der Waals surface area contributed by atoms with E-state index in [1.807, 2.05) is 12.2 Å². The summed E-state index contributed by atoms with van der Waals surface area (Å²) in [4.78, 5) is 0. The van der Waals surface area contributed by atoms with Gasteiger partial charge in [-0.05, 0) is 44.4 Å². The van der Waals surface area contributed by atoms with E-state index in [0.29, 0.717) is 5.75 Å². The van der Waals surface area contributed by atoms with Gasteiger partial charge in [-0.15, -0.1) is 5.46 Å². The summed E-state index contributed by atoms with van der Waals surface area (Å²) in [5.41, 5.74) is -0.318. The van der Waals surface area contributed by atoms with Crippen molar-refractivity contribution in [1.29, 1.82) is 0 Å². The van der Waals surface area contributed by atoms with Crippen LogP contribution in [0.4, 0.5) is 12.9 Å². The van der Waals surface area contributed by atoms with E-state index in [9.17, 15) is 12.9 Å². The van der Waals surface area contributed by atoms with Crippen LogP contribution in [-0.2, 0) is 0 Å². The lowest BCUT2D eigenvalue weighted by Gasteiger charge is -2.21. The van der Waals surface area contributed by atoms with E-state index in [-0.39, 0.29) is 11.7 Å². The smallest absolute Gasteiger partial charge is 0.486 e. The summed E-state index contributed by atoms with van der Waals surface area (Å²) in [7, 11) is 0. The summed E-state index contributed by atoms with van der Waals surface area (Å²) in [6, 6.07) is 3.98. The highest BCUT2D eigenvalue weighted by molar-refractivity contribution is 6.74. The molecule has 0 amide bonds. The fourth-order valence-corrected chi connectivity index (χ4v) is 2.14. The molecule has 18 heavy (non-hydrogen) atoms. The zero-order chi connectivity index (χ0) is 13.2. The Hall–Kier alpha value is -1.39. The lowest BCUT2D eigenvalue weighted by molar-refractivity contribution is 0.230. The summed E-state index contributed by atoms with van der Waals surface area (Å²) < 4.78 is 43.6. The highest BCUT2D eigenvalue weighted by Crippen LogP contribution is 2.21. The lowest BCUT2D eigenvalue weighted by Crippen LogP contribution is -2.36. The highest BCUT2D eigenvalue weighted by atomic mass is 19.4. The van der Waals surface area contributed by atoms with Crippen molar-refractivity contribution in [2.45, 2.75) is 32.3 Å². The molecule has 0 N–H and O–H groups in total. The van der Waals surface area contributed by atoms with E-state index in [1.165, 1.54) is 19.1 Å². The molecule has 0 bridgehead atoms. The number of rotatable bonds is 3. The second-order valence-corrected chi connectivity index (χ2v) is 4.61. The molecule has 1 nitrogen and oxygen atoms in total. The zero-order valence-electron chi connectivity index (χ0n) is 10.2. The van der Waals surface area contributed by atoms with Gasteiger partial charge in [0.15, 0.2) is 0 Å². The van der Waals surface area contributed by atoms with Crippen LogP contribution in [-0.4, -0.2) is 13.1 Å². The average molecular weight is 255 g/mol. The molecule has 1 aromatic rings. The van der Waals surface area contributed by atoms with Crippen LogP contribution in [0.5, 0.6) is 5.75 Å². The van der Waals surface area contributed by atoms with E-state index in [4.69, 9.17) is 4.74 Å². The monoisotopic (exact) mass is 255 g/mol. The Morgan fingerprint density at radius 1 is 1.28 bits per heavy atom. The molecule has 98 valence electrons. The quantitative estimate of drug-likeness (QED) is 0.593. The number of hydrogen-bond donors (Lipinski definition) is 0. The Bertz CT molecular complexity index is 454. The van der Waals surface area contributed by atoms with Crippen molar-refractivity contribution >= 4 is 12.4 Å². The lowest BCUT2D eigenvalue weighted by atomic mass is 9.77. The third-order valence-corrected chi connectivity index (χ3v) is 3.09. The molecule has 2 rings (SSSR count). The van der Waals surface area contributed by atoms with Gasteiger partial charge in [0, 0.05) is 0 Å².